The molecule has 0 fully saturated rings. The van der Waals surface area contributed by atoms with Crippen molar-refractivity contribution in [1.82, 2.24) is 9.88 Å². The van der Waals surface area contributed by atoms with Crippen molar-refractivity contribution in [2.75, 3.05) is 32.1 Å². The van der Waals surface area contributed by atoms with E-state index in [9.17, 15) is 14.9 Å². The number of hydrogen-bond acceptors (Lipinski definition) is 6. The van der Waals surface area contributed by atoms with Crippen LogP contribution in [-0.4, -0.2) is 47.9 Å². The summed E-state index contributed by atoms with van der Waals surface area (Å²) in [4.78, 5) is 31.6. The molecular formula is C21H23ClN4O3S. The molecule has 9 heteroatoms. The molecule has 7 nitrogen and oxygen atoms in total. The number of likely N-dealkylation sites (N-methyl/N-ethyl adjacent to an activating group) is 1. The zero-order valence-electron chi connectivity index (χ0n) is 16.9. The number of rotatable bonds is 7. The van der Waals surface area contributed by atoms with Crippen molar-refractivity contribution in [3.05, 3.63) is 69.8 Å². The molecule has 0 spiro atoms. The molecule has 0 saturated heterocycles. The van der Waals surface area contributed by atoms with Gasteiger partial charge in [0.25, 0.3) is 11.6 Å². The van der Waals surface area contributed by atoms with E-state index in [0.717, 1.165) is 21.3 Å². The van der Waals surface area contributed by atoms with Gasteiger partial charge in [-0.05, 0) is 56.4 Å². The van der Waals surface area contributed by atoms with Gasteiger partial charge < -0.3 is 4.90 Å². The van der Waals surface area contributed by atoms with E-state index >= 15 is 0 Å². The molecule has 0 aliphatic carbocycles. The second kappa shape index (κ2) is 10.3. The molecule has 1 heterocycles. The lowest BCUT2D eigenvalue weighted by atomic mass is 10.2. The van der Waals surface area contributed by atoms with Crippen LogP contribution in [-0.2, 0) is 4.79 Å². The van der Waals surface area contributed by atoms with Gasteiger partial charge in [-0.3, -0.25) is 19.8 Å². The Hall–Kier alpha value is -2.81. The third-order valence-electron chi connectivity index (χ3n) is 4.40. The van der Waals surface area contributed by atoms with E-state index in [1.807, 2.05) is 44.1 Å². The van der Waals surface area contributed by atoms with Gasteiger partial charge in [0.1, 0.15) is 0 Å². The van der Waals surface area contributed by atoms with E-state index < -0.39 is 4.92 Å². The highest BCUT2D eigenvalue weighted by molar-refractivity contribution is 7.22. The first kappa shape index (κ1) is 23.5. The number of aromatic nitrogens is 1. The number of nitro groups is 1. The van der Waals surface area contributed by atoms with Crippen LogP contribution in [0.3, 0.4) is 0 Å². The number of benzene rings is 2. The van der Waals surface area contributed by atoms with Crippen LogP contribution in [0.1, 0.15) is 11.1 Å². The Balaban J connectivity index is 0.00000320. The van der Waals surface area contributed by atoms with Crippen LogP contribution in [0.5, 0.6) is 0 Å². The Labute approximate surface area is 185 Å². The van der Waals surface area contributed by atoms with E-state index in [2.05, 4.69) is 0 Å². The fraction of sp³-hybridized carbons (Fsp3) is 0.238. The molecule has 30 heavy (non-hydrogen) atoms. The van der Waals surface area contributed by atoms with Crippen molar-refractivity contribution >= 4 is 56.8 Å². The van der Waals surface area contributed by atoms with Crippen molar-refractivity contribution < 1.29 is 9.72 Å². The minimum absolute atomic E-state index is 0. The van der Waals surface area contributed by atoms with Crippen molar-refractivity contribution in [2.24, 2.45) is 0 Å². The van der Waals surface area contributed by atoms with Crippen LogP contribution in [0.4, 0.5) is 10.8 Å². The predicted octanol–water partition coefficient (Wildman–Crippen LogP) is 4.54. The number of anilines is 1. The molecule has 2 aromatic carbocycles. The van der Waals surface area contributed by atoms with Crippen LogP contribution >= 0.6 is 23.7 Å². The van der Waals surface area contributed by atoms with E-state index in [0.29, 0.717) is 18.2 Å². The summed E-state index contributed by atoms with van der Waals surface area (Å²) in [5.41, 5.74) is 2.73. The minimum atomic E-state index is -0.448. The van der Waals surface area contributed by atoms with Crippen molar-refractivity contribution in [3.63, 3.8) is 0 Å². The average molecular weight is 447 g/mol. The lowest BCUT2D eigenvalue weighted by Crippen LogP contribution is -2.35. The summed E-state index contributed by atoms with van der Waals surface area (Å²) >= 11 is 1.49. The molecule has 0 bridgehead atoms. The molecule has 3 aromatic rings. The Kier molecular flexibility index (Phi) is 8.05. The van der Waals surface area contributed by atoms with Gasteiger partial charge in [0.05, 0.1) is 15.1 Å². The van der Waals surface area contributed by atoms with E-state index in [4.69, 9.17) is 4.98 Å². The zero-order chi connectivity index (χ0) is 21.0. The standard InChI is InChI=1S/C21H22N4O3S.ClH/c1-15-5-4-6-18-20(15)22-21(29-18)24(14-13-23(2)3)19(26)12-9-16-7-10-17(11-8-16)25(27)28;/h4-12H,13-14H2,1-3H3;1H. The highest BCUT2D eigenvalue weighted by atomic mass is 35.5. The second-order valence-corrected chi connectivity index (χ2v) is 7.90. The molecule has 0 saturated carbocycles. The fourth-order valence-electron chi connectivity index (χ4n) is 2.75. The number of para-hydroxylation sites is 1. The lowest BCUT2D eigenvalue weighted by Gasteiger charge is -2.20. The highest BCUT2D eigenvalue weighted by Gasteiger charge is 2.18. The van der Waals surface area contributed by atoms with Crippen molar-refractivity contribution in [1.29, 1.82) is 0 Å². The minimum Gasteiger partial charge on any atom is -0.308 e. The summed E-state index contributed by atoms with van der Waals surface area (Å²) < 4.78 is 1.04. The maximum absolute atomic E-state index is 12.9. The number of amides is 1. The summed E-state index contributed by atoms with van der Waals surface area (Å²) in [6.45, 7) is 3.22. The number of halogens is 1. The molecular weight excluding hydrogens is 424 g/mol. The van der Waals surface area contributed by atoms with Gasteiger partial charge in [-0.1, -0.05) is 23.5 Å². The first-order valence-electron chi connectivity index (χ1n) is 9.10. The molecule has 1 amide bonds. The molecule has 158 valence electrons. The fourth-order valence-corrected chi connectivity index (χ4v) is 3.83. The molecule has 0 atom stereocenters. The lowest BCUT2D eigenvalue weighted by molar-refractivity contribution is -0.384. The molecule has 0 aliphatic heterocycles. The Morgan fingerprint density at radius 3 is 2.47 bits per heavy atom. The van der Waals surface area contributed by atoms with Gasteiger partial charge in [-0.2, -0.15) is 0 Å². The molecule has 3 rings (SSSR count). The van der Waals surface area contributed by atoms with Crippen LogP contribution in [0.25, 0.3) is 16.3 Å². The number of non-ortho nitro benzene ring substituents is 1. The van der Waals surface area contributed by atoms with E-state index in [1.165, 1.54) is 29.5 Å². The Bertz CT molecular complexity index is 1060. The largest absolute Gasteiger partial charge is 0.308 e. The third-order valence-corrected chi connectivity index (χ3v) is 5.44. The summed E-state index contributed by atoms with van der Waals surface area (Å²) in [7, 11) is 3.91. The number of thiazole rings is 1. The Morgan fingerprint density at radius 1 is 1.17 bits per heavy atom. The van der Waals surface area contributed by atoms with E-state index in [1.54, 1.807) is 23.1 Å². The van der Waals surface area contributed by atoms with Gasteiger partial charge >= 0.3 is 0 Å². The monoisotopic (exact) mass is 446 g/mol. The van der Waals surface area contributed by atoms with Gasteiger partial charge in [-0.25, -0.2) is 4.98 Å². The summed E-state index contributed by atoms with van der Waals surface area (Å²) in [5.74, 6) is -0.179. The predicted molar refractivity (Wildman–Crippen MR) is 125 cm³/mol. The Morgan fingerprint density at radius 2 is 1.87 bits per heavy atom. The maximum atomic E-state index is 12.9. The number of aryl methyl sites for hydroxylation is 1. The first-order valence-corrected chi connectivity index (χ1v) is 9.92. The molecule has 0 radical (unpaired) electrons. The summed E-state index contributed by atoms with van der Waals surface area (Å²) in [6.07, 6.45) is 3.14. The maximum Gasteiger partial charge on any atom is 0.269 e. The number of carbonyl (C=O) groups is 1. The molecule has 0 N–H and O–H groups in total. The number of hydrogen-bond donors (Lipinski definition) is 0. The SMILES string of the molecule is Cc1cccc2sc(N(CCN(C)C)C(=O)C=Cc3ccc([N+](=O)[O-])cc3)nc12.Cl. The quantitative estimate of drug-likeness (QED) is 0.302. The summed E-state index contributed by atoms with van der Waals surface area (Å²) in [6, 6.07) is 12.1. The van der Waals surface area contributed by atoms with Crippen LogP contribution in [0.2, 0.25) is 0 Å². The number of nitrogens with zero attached hydrogens (tertiary/aromatic N) is 4. The topological polar surface area (TPSA) is 79.6 Å². The van der Waals surface area contributed by atoms with E-state index in [-0.39, 0.29) is 24.0 Å². The zero-order valence-corrected chi connectivity index (χ0v) is 18.6. The highest BCUT2D eigenvalue weighted by Crippen LogP contribution is 2.30. The van der Waals surface area contributed by atoms with Gasteiger partial charge in [0.2, 0.25) is 0 Å². The first-order chi connectivity index (χ1) is 13.8. The average Bonchev–Trinajstić information content (AvgIpc) is 3.12. The van der Waals surface area contributed by atoms with Gasteiger partial charge in [0.15, 0.2) is 5.13 Å². The third kappa shape index (κ3) is 5.63. The van der Waals surface area contributed by atoms with Crippen LogP contribution in [0, 0.1) is 17.0 Å². The molecule has 1 aromatic heterocycles. The van der Waals surface area contributed by atoms with Crippen LogP contribution in [0.15, 0.2) is 48.5 Å². The van der Waals surface area contributed by atoms with Crippen LogP contribution < -0.4 is 4.90 Å². The molecule has 0 aliphatic rings. The summed E-state index contributed by atoms with van der Waals surface area (Å²) in [5, 5.41) is 11.4. The second-order valence-electron chi connectivity index (χ2n) is 6.89. The van der Waals surface area contributed by atoms with Gasteiger partial charge in [0, 0.05) is 31.3 Å². The smallest absolute Gasteiger partial charge is 0.269 e. The molecule has 0 unspecified atom stereocenters. The number of carbonyl (C=O) groups excluding carboxylic acids is 1. The number of fused-ring (bicyclic) bond motifs is 1. The van der Waals surface area contributed by atoms with Gasteiger partial charge in [-0.15, -0.1) is 12.4 Å². The van der Waals surface area contributed by atoms with Crippen molar-refractivity contribution in [3.8, 4) is 0 Å². The number of nitro benzene ring substituents is 1. The van der Waals surface area contributed by atoms with Crippen molar-refractivity contribution in [2.45, 2.75) is 6.92 Å². The normalized spacial score (nSPS) is 11.1.